The molecule has 0 fully saturated rings. The third-order valence-electron chi connectivity index (χ3n) is 2.09. The highest BCUT2D eigenvalue weighted by Crippen LogP contribution is 2.01. The lowest BCUT2D eigenvalue weighted by molar-refractivity contribution is -0.137. The predicted molar refractivity (Wildman–Crippen MR) is 57.4 cm³/mol. The normalized spacial score (nSPS) is 13.0. The van der Waals surface area contributed by atoms with Gasteiger partial charge in [-0.15, -0.1) is 0 Å². The highest BCUT2D eigenvalue weighted by atomic mass is 16.4. The first-order chi connectivity index (χ1) is 7.08. The highest BCUT2D eigenvalue weighted by molar-refractivity contribution is 5.67. The third-order valence-corrected chi connectivity index (χ3v) is 2.09. The van der Waals surface area contributed by atoms with Gasteiger partial charge in [0.25, 0.3) is 0 Å². The zero-order valence-electron chi connectivity index (χ0n) is 8.81. The second-order valence-electron chi connectivity index (χ2n) is 3.75. The number of nitrogens with zero attached hydrogens (tertiary/aromatic N) is 1. The topological polar surface area (TPSA) is 82.3 Å². The number of hydrogen-bond donors (Lipinski definition) is 3. The fraction of sp³-hybridized carbons (Fsp3) is 0.500. The molecule has 5 heteroatoms. The van der Waals surface area contributed by atoms with Crippen molar-refractivity contribution in [3.05, 3.63) is 24.0 Å². The third kappa shape index (κ3) is 4.62. The van der Waals surface area contributed by atoms with E-state index in [0.717, 1.165) is 12.2 Å². The van der Waals surface area contributed by atoms with E-state index in [0.29, 0.717) is 6.54 Å². The fourth-order valence-corrected chi connectivity index (χ4v) is 1.51. The van der Waals surface area contributed by atoms with Gasteiger partial charge in [0.2, 0.25) is 0 Å². The van der Waals surface area contributed by atoms with Crippen LogP contribution in [0.15, 0.2) is 18.3 Å². The van der Waals surface area contributed by atoms with Gasteiger partial charge in [-0.2, -0.15) is 0 Å². The molecule has 84 valence electrons. The first kappa shape index (κ1) is 11.7. The molecule has 1 aromatic rings. The number of aromatic amines is 1. The molecule has 0 saturated heterocycles. The number of H-pyrrole nitrogens is 1. The van der Waals surface area contributed by atoms with Crippen LogP contribution < -0.4 is 5.73 Å². The van der Waals surface area contributed by atoms with E-state index in [1.807, 2.05) is 30.3 Å². The molecule has 1 rings (SSSR count). The van der Waals surface area contributed by atoms with E-state index in [-0.39, 0.29) is 12.5 Å². The van der Waals surface area contributed by atoms with E-state index in [9.17, 15) is 4.79 Å². The van der Waals surface area contributed by atoms with Gasteiger partial charge in [-0.1, -0.05) is 0 Å². The molecule has 0 amide bonds. The zero-order chi connectivity index (χ0) is 11.3. The summed E-state index contributed by atoms with van der Waals surface area (Å²) in [6.07, 6.45) is 1.87. The van der Waals surface area contributed by atoms with Crippen molar-refractivity contribution in [1.29, 1.82) is 0 Å². The van der Waals surface area contributed by atoms with Crippen LogP contribution in [0.2, 0.25) is 0 Å². The molecular formula is C10H17N3O2. The lowest BCUT2D eigenvalue weighted by atomic mass is 10.2. The number of likely N-dealkylation sites (N-methyl/N-ethyl adjacent to an activating group) is 1. The molecule has 0 aliphatic carbocycles. The van der Waals surface area contributed by atoms with Crippen LogP contribution in [0.3, 0.4) is 0 Å². The van der Waals surface area contributed by atoms with Crippen LogP contribution in [-0.4, -0.2) is 40.6 Å². The van der Waals surface area contributed by atoms with Gasteiger partial charge in [-0.05, 0) is 19.2 Å². The van der Waals surface area contributed by atoms with Crippen LogP contribution in [0.5, 0.6) is 0 Å². The van der Waals surface area contributed by atoms with E-state index in [2.05, 4.69) is 4.98 Å². The quantitative estimate of drug-likeness (QED) is 0.630. The minimum atomic E-state index is -0.851. The van der Waals surface area contributed by atoms with Crippen molar-refractivity contribution in [3.63, 3.8) is 0 Å². The Bertz CT molecular complexity index is 298. The predicted octanol–water partition coefficient (Wildman–Crippen LogP) is 0.249. The van der Waals surface area contributed by atoms with Crippen LogP contribution in [0, 0.1) is 0 Å². The van der Waals surface area contributed by atoms with Crippen molar-refractivity contribution in [2.24, 2.45) is 5.73 Å². The zero-order valence-corrected chi connectivity index (χ0v) is 8.81. The summed E-state index contributed by atoms with van der Waals surface area (Å²) < 4.78 is 0. The van der Waals surface area contributed by atoms with Gasteiger partial charge in [0, 0.05) is 31.0 Å². The Morgan fingerprint density at radius 2 is 2.47 bits per heavy atom. The van der Waals surface area contributed by atoms with Crippen LogP contribution >= 0.6 is 0 Å². The lowest BCUT2D eigenvalue weighted by Gasteiger charge is -2.19. The monoisotopic (exact) mass is 211 g/mol. The molecule has 4 N–H and O–H groups in total. The Labute approximate surface area is 88.9 Å². The molecule has 1 unspecified atom stereocenters. The Hall–Kier alpha value is -1.33. The second kappa shape index (κ2) is 5.53. The second-order valence-corrected chi connectivity index (χ2v) is 3.75. The van der Waals surface area contributed by atoms with Crippen LogP contribution in [0.1, 0.15) is 12.1 Å². The van der Waals surface area contributed by atoms with Gasteiger partial charge < -0.3 is 15.8 Å². The average Bonchev–Trinajstić information content (AvgIpc) is 2.53. The molecule has 5 nitrogen and oxygen atoms in total. The summed E-state index contributed by atoms with van der Waals surface area (Å²) in [6, 6.07) is 3.60. The van der Waals surface area contributed by atoms with Crippen molar-refractivity contribution in [2.75, 3.05) is 13.6 Å². The van der Waals surface area contributed by atoms with Gasteiger partial charge >= 0.3 is 5.97 Å². The summed E-state index contributed by atoms with van der Waals surface area (Å²) in [5.41, 5.74) is 6.77. The standard InChI is InChI=1S/C10H17N3O2/c1-13(6-8(11)5-10(14)15)7-9-3-2-4-12-9/h2-4,8,12H,5-7,11H2,1H3,(H,14,15). The average molecular weight is 211 g/mol. The largest absolute Gasteiger partial charge is 0.481 e. The van der Waals surface area contributed by atoms with E-state index in [4.69, 9.17) is 10.8 Å². The molecular weight excluding hydrogens is 194 g/mol. The maximum Gasteiger partial charge on any atom is 0.304 e. The molecule has 1 aromatic heterocycles. The van der Waals surface area contributed by atoms with Crippen LogP contribution in [0.25, 0.3) is 0 Å². The first-order valence-corrected chi connectivity index (χ1v) is 4.86. The van der Waals surface area contributed by atoms with Gasteiger partial charge in [0.15, 0.2) is 0 Å². The number of nitrogens with one attached hydrogen (secondary N) is 1. The molecule has 0 saturated carbocycles. The number of carboxylic acids is 1. The Morgan fingerprint density at radius 1 is 1.73 bits per heavy atom. The first-order valence-electron chi connectivity index (χ1n) is 4.86. The Morgan fingerprint density at radius 3 is 3.00 bits per heavy atom. The molecule has 1 atom stereocenters. The number of rotatable bonds is 6. The van der Waals surface area contributed by atoms with Crippen molar-refractivity contribution in [2.45, 2.75) is 19.0 Å². The molecule has 0 aromatic carbocycles. The summed E-state index contributed by atoms with van der Waals surface area (Å²) in [5.74, 6) is -0.851. The van der Waals surface area contributed by atoms with Gasteiger partial charge in [-0.25, -0.2) is 0 Å². The minimum absolute atomic E-state index is 0.00899. The molecule has 0 radical (unpaired) electrons. The van der Waals surface area contributed by atoms with Crippen molar-refractivity contribution < 1.29 is 9.90 Å². The Kier molecular flexibility index (Phi) is 4.33. The lowest BCUT2D eigenvalue weighted by Crippen LogP contribution is -2.36. The fourth-order valence-electron chi connectivity index (χ4n) is 1.51. The SMILES string of the molecule is CN(Cc1ccc[nH]1)CC(N)CC(=O)O. The number of nitrogens with two attached hydrogens (primary N) is 1. The van der Waals surface area contributed by atoms with Crippen LogP contribution in [-0.2, 0) is 11.3 Å². The molecule has 1 heterocycles. The maximum absolute atomic E-state index is 10.4. The van der Waals surface area contributed by atoms with Gasteiger partial charge in [-0.3, -0.25) is 9.69 Å². The number of carbonyl (C=O) groups is 1. The molecule has 0 aliphatic rings. The molecule has 0 aliphatic heterocycles. The Balaban J connectivity index is 2.29. The van der Waals surface area contributed by atoms with E-state index >= 15 is 0 Å². The van der Waals surface area contributed by atoms with Crippen molar-refractivity contribution in [3.8, 4) is 0 Å². The molecule has 0 bridgehead atoms. The van der Waals surface area contributed by atoms with Crippen LogP contribution in [0.4, 0.5) is 0 Å². The summed E-state index contributed by atoms with van der Waals surface area (Å²) in [5, 5.41) is 8.55. The number of aromatic nitrogens is 1. The summed E-state index contributed by atoms with van der Waals surface area (Å²) in [6.45, 7) is 1.33. The van der Waals surface area contributed by atoms with Gasteiger partial charge in [0.1, 0.15) is 0 Å². The van der Waals surface area contributed by atoms with E-state index in [1.54, 1.807) is 0 Å². The van der Waals surface area contributed by atoms with Crippen molar-refractivity contribution >= 4 is 5.97 Å². The summed E-state index contributed by atoms with van der Waals surface area (Å²) in [4.78, 5) is 15.5. The number of hydrogen-bond acceptors (Lipinski definition) is 3. The minimum Gasteiger partial charge on any atom is -0.481 e. The molecule has 0 spiro atoms. The molecule has 15 heavy (non-hydrogen) atoms. The van der Waals surface area contributed by atoms with E-state index in [1.165, 1.54) is 0 Å². The number of carboxylic acid groups (broad SMARTS) is 1. The van der Waals surface area contributed by atoms with E-state index < -0.39 is 5.97 Å². The summed E-state index contributed by atoms with van der Waals surface area (Å²) in [7, 11) is 1.92. The van der Waals surface area contributed by atoms with Gasteiger partial charge in [0.05, 0.1) is 6.42 Å². The smallest absolute Gasteiger partial charge is 0.304 e. The van der Waals surface area contributed by atoms with Crippen molar-refractivity contribution in [1.82, 2.24) is 9.88 Å². The highest BCUT2D eigenvalue weighted by Gasteiger charge is 2.11. The number of aliphatic carboxylic acids is 1. The summed E-state index contributed by atoms with van der Waals surface area (Å²) >= 11 is 0. The maximum atomic E-state index is 10.4.